The molecule has 0 aromatic rings. The Labute approximate surface area is 82.8 Å². The number of carbonyl (C=O) groups is 1. The summed E-state index contributed by atoms with van der Waals surface area (Å²) in [6, 6.07) is 1.55. The Kier molecular flexibility index (Phi) is 6.37. The van der Waals surface area contributed by atoms with Crippen LogP contribution >= 0.6 is 0 Å². The van der Waals surface area contributed by atoms with E-state index in [0.717, 1.165) is 0 Å². The van der Waals surface area contributed by atoms with E-state index in [-0.39, 0.29) is 5.57 Å². The van der Waals surface area contributed by atoms with Crippen molar-refractivity contribution >= 4 is 5.97 Å². The van der Waals surface area contributed by atoms with Crippen LogP contribution in [0, 0.1) is 11.3 Å². The van der Waals surface area contributed by atoms with Crippen molar-refractivity contribution in [2.45, 2.75) is 26.6 Å². The average molecular weight is 199 g/mol. The van der Waals surface area contributed by atoms with Gasteiger partial charge in [-0.1, -0.05) is 13.5 Å². The first kappa shape index (κ1) is 12.6. The first-order valence-corrected chi connectivity index (χ1v) is 4.23. The van der Waals surface area contributed by atoms with Gasteiger partial charge in [0.25, 0.3) is 0 Å². The fourth-order valence-electron chi connectivity index (χ4n) is 0.593. The van der Waals surface area contributed by atoms with Crippen molar-refractivity contribution < 1.29 is 19.3 Å². The third kappa shape index (κ3) is 4.60. The summed E-state index contributed by atoms with van der Waals surface area (Å²) < 4.78 is 5.04. The zero-order valence-electron chi connectivity index (χ0n) is 8.28. The molecular weight excluding hydrogens is 186 g/mol. The first-order chi connectivity index (χ1) is 6.65. The van der Waals surface area contributed by atoms with Crippen molar-refractivity contribution in [1.82, 2.24) is 0 Å². The molecule has 1 unspecified atom stereocenters. The van der Waals surface area contributed by atoms with Crippen LogP contribution in [0.1, 0.15) is 20.3 Å². The van der Waals surface area contributed by atoms with Gasteiger partial charge >= 0.3 is 5.97 Å². The molecule has 0 aromatic carbocycles. The third-order valence-electron chi connectivity index (χ3n) is 1.30. The zero-order valence-corrected chi connectivity index (χ0v) is 8.28. The lowest BCUT2D eigenvalue weighted by atomic mass is 10.4. The van der Waals surface area contributed by atoms with E-state index < -0.39 is 12.3 Å². The van der Waals surface area contributed by atoms with Crippen molar-refractivity contribution in [3.05, 3.63) is 12.2 Å². The van der Waals surface area contributed by atoms with Crippen LogP contribution in [0.3, 0.4) is 0 Å². The molecule has 78 valence electrons. The molecule has 0 rings (SSSR count). The number of nitriles is 1. The van der Waals surface area contributed by atoms with E-state index in [1.54, 1.807) is 13.0 Å². The molecule has 0 aromatic heterocycles. The highest BCUT2D eigenvalue weighted by atomic mass is 17.2. The average Bonchev–Trinajstić information content (AvgIpc) is 2.22. The molecule has 0 fully saturated rings. The fraction of sp³-hybridized carbons (Fsp3) is 0.556. The monoisotopic (exact) mass is 199 g/mol. The molecule has 0 aliphatic carbocycles. The molecule has 0 aliphatic rings. The maximum Gasteiger partial charge on any atom is 0.383 e. The Morgan fingerprint density at radius 1 is 1.57 bits per heavy atom. The molecule has 0 radical (unpaired) electrons. The van der Waals surface area contributed by atoms with Crippen LogP contribution in [-0.2, 0) is 19.3 Å². The number of nitrogens with zero attached hydrogens (tertiary/aromatic N) is 1. The van der Waals surface area contributed by atoms with Crippen molar-refractivity contribution in [2.24, 2.45) is 0 Å². The molecule has 5 nitrogen and oxygen atoms in total. The molecule has 0 saturated carbocycles. The Bertz CT molecular complexity index is 244. The van der Waals surface area contributed by atoms with E-state index in [2.05, 4.69) is 16.4 Å². The smallest absolute Gasteiger partial charge is 0.349 e. The van der Waals surface area contributed by atoms with Crippen molar-refractivity contribution in [3.63, 3.8) is 0 Å². The molecule has 0 spiro atoms. The van der Waals surface area contributed by atoms with Gasteiger partial charge in [0.1, 0.15) is 11.6 Å². The molecule has 0 amide bonds. The summed E-state index contributed by atoms with van der Waals surface area (Å²) in [6.45, 7) is 7.23. The van der Waals surface area contributed by atoms with Crippen molar-refractivity contribution in [2.75, 3.05) is 6.61 Å². The number of hydrogen-bond acceptors (Lipinski definition) is 5. The molecule has 0 bridgehead atoms. The highest BCUT2D eigenvalue weighted by Gasteiger charge is 2.13. The topological polar surface area (TPSA) is 68.6 Å². The highest BCUT2D eigenvalue weighted by Crippen LogP contribution is 2.02. The lowest BCUT2D eigenvalue weighted by Crippen LogP contribution is -2.19. The molecule has 0 N–H and O–H groups in total. The van der Waals surface area contributed by atoms with E-state index in [1.807, 2.05) is 6.92 Å². The van der Waals surface area contributed by atoms with Crippen LogP contribution in [0.5, 0.6) is 0 Å². The summed E-state index contributed by atoms with van der Waals surface area (Å²) in [7, 11) is 0. The van der Waals surface area contributed by atoms with E-state index in [0.29, 0.717) is 13.0 Å². The second kappa shape index (κ2) is 7.06. The number of carbonyl (C=O) groups excluding carboxylic acids is 1. The van der Waals surface area contributed by atoms with Crippen LogP contribution in [0.15, 0.2) is 12.2 Å². The van der Waals surface area contributed by atoms with E-state index in [9.17, 15) is 4.79 Å². The van der Waals surface area contributed by atoms with Crippen LogP contribution in [0.4, 0.5) is 0 Å². The van der Waals surface area contributed by atoms with Gasteiger partial charge in [-0.2, -0.15) is 10.1 Å². The minimum atomic E-state index is -0.898. The van der Waals surface area contributed by atoms with Gasteiger partial charge in [-0.3, -0.25) is 4.89 Å². The summed E-state index contributed by atoms with van der Waals surface area (Å²) in [5.41, 5.74) is -0.309. The normalized spacial score (nSPS) is 11.5. The van der Waals surface area contributed by atoms with E-state index >= 15 is 0 Å². The highest BCUT2D eigenvalue weighted by molar-refractivity contribution is 5.91. The lowest BCUT2D eigenvalue weighted by Gasteiger charge is -2.12. The molecule has 0 aliphatic heterocycles. The van der Waals surface area contributed by atoms with Crippen molar-refractivity contribution in [1.29, 1.82) is 5.26 Å². The Hall–Kier alpha value is -1.38. The van der Waals surface area contributed by atoms with Crippen LogP contribution in [-0.4, -0.2) is 18.9 Å². The first-order valence-electron chi connectivity index (χ1n) is 4.23. The van der Waals surface area contributed by atoms with Crippen LogP contribution in [0.2, 0.25) is 0 Å². The fourth-order valence-corrected chi connectivity index (χ4v) is 0.593. The van der Waals surface area contributed by atoms with Gasteiger partial charge < -0.3 is 4.74 Å². The maximum atomic E-state index is 10.9. The van der Waals surface area contributed by atoms with Crippen LogP contribution < -0.4 is 0 Å². The van der Waals surface area contributed by atoms with Gasteiger partial charge in [0.15, 0.2) is 0 Å². The molecule has 5 heteroatoms. The van der Waals surface area contributed by atoms with Gasteiger partial charge in [0, 0.05) is 6.61 Å². The van der Waals surface area contributed by atoms with Crippen LogP contribution in [0.25, 0.3) is 0 Å². The quantitative estimate of drug-likeness (QED) is 0.212. The van der Waals surface area contributed by atoms with Gasteiger partial charge in [-0.25, -0.2) is 4.79 Å². The maximum absolute atomic E-state index is 10.9. The van der Waals surface area contributed by atoms with Gasteiger partial charge in [-0.15, -0.1) is 0 Å². The molecular formula is C9H13NO4. The minimum absolute atomic E-state index is 0.309. The largest absolute Gasteiger partial charge is 0.383 e. The summed E-state index contributed by atoms with van der Waals surface area (Å²) in [5.74, 6) is -0.898. The SMILES string of the molecule is C=C(C#N)C(=O)OOC(CC)OCC. The Morgan fingerprint density at radius 3 is 2.64 bits per heavy atom. The zero-order chi connectivity index (χ0) is 11.0. The Balaban J connectivity index is 3.86. The Morgan fingerprint density at radius 2 is 2.21 bits per heavy atom. The molecule has 0 heterocycles. The molecule has 14 heavy (non-hydrogen) atoms. The van der Waals surface area contributed by atoms with Crippen molar-refractivity contribution in [3.8, 4) is 6.07 Å². The molecule has 1 atom stereocenters. The number of hydrogen-bond donors (Lipinski definition) is 0. The van der Waals surface area contributed by atoms with E-state index in [1.165, 1.54) is 0 Å². The predicted octanol–water partition coefficient (Wildman–Crippen LogP) is 1.31. The van der Waals surface area contributed by atoms with Gasteiger partial charge in [0.2, 0.25) is 6.29 Å². The van der Waals surface area contributed by atoms with E-state index in [4.69, 9.17) is 10.00 Å². The third-order valence-corrected chi connectivity index (χ3v) is 1.30. The summed E-state index contributed by atoms with van der Waals surface area (Å²) in [4.78, 5) is 19.8. The second-order valence-electron chi connectivity index (χ2n) is 2.35. The second-order valence-corrected chi connectivity index (χ2v) is 2.35. The predicted molar refractivity (Wildman–Crippen MR) is 47.6 cm³/mol. The van der Waals surface area contributed by atoms with Gasteiger partial charge in [0.05, 0.1) is 0 Å². The minimum Gasteiger partial charge on any atom is -0.349 e. The number of ether oxygens (including phenoxy) is 1. The summed E-state index contributed by atoms with van der Waals surface area (Å²) in [5, 5.41) is 8.29. The summed E-state index contributed by atoms with van der Waals surface area (Å²) in [6.07, 6.45) is -0.0596. The summed E-state index contributed by atoms with van der Waals surface area (Å²) >= 11 is 0. The molecule has 0 saturated heterocycles. The number of rotatable bonds is 6. The lowest BCUT2D eigenvalue weighted by molar-refractivity contribution is -0.349. The van der Waals surface area contributed by atoms with Gasteiger partial charge in [-0.05, 0) is 13.3 Å². The standard InChI is InChI=1S/C9H13NO4/c1-4-8(12-5-2)13-14-9(11)7(3)6-10/h8H,3-5H2,1-2H3.